The third-order valence-electron chi connectivity index (χ3n) is 3.78. The number of alkyl halides is 22. The van der Waals surface area contributed by atoms with Crippen LogP contribution in [0.3, 0.4) is 0 Å². The zero-order chi connectivity index (χ0) is 30.9. The van der Waals surface area contributed by atoms with Crippen molar-refractivity contribution in [3.63, 3.8) is 0 Å². The molecule has 25 heteroatoms. The number of ether oxygens (including phenoxy) is 1. The van der Waals surface area contributed by atoms with Crippen molar-refractivity contribution in [1.29, 1.82) is 0 Å². The van der Waals surface area contributed by atoms with Crippen LogP contribution in [0.5, 0.6) is 0 Å². The van der Waals surface area contributed by atoms with Crippen LogP contribution in [0.4, 0.5) is 0 Å². The fraction of sp³-hybridized carbons (Fsp3) is 0.833. The number of hydrogen-bond donors (Lipinski definition) is 0. The molecule has 0 aliphatic heterocycles. The van der Waals surface area contributed by atoms with Gasteiger partial charge in [0.2, 0.25) is 16.3 Å². The van der Waals surface area contributed by atoms with Gasteiger partial charge in [-0.25, -0.2) is 9.59 Å². The van der Waals surface area contributed by atoms with E-state index in [0.29, 0.717) is 0 Å². The number of esters is 2. The minimum atomic E-state index is -3.41. The van der Waals surface area contributed by atoms with Gasteiger partial charge in [0.1, 0.15) is 0 Å². The summed E-state index contributed by atoms with van der Waals surface area (Å²) in [5, 5.41) is 0. The summed E-state index contributed by atoms with van der Waals surface area (Å²) in [6, 6.07) is 0. The van der Waals surface area contributed by atoms with Gasteiger partial charge in [-0.2, -0.15) is 0 Å². The molecule has 0 aliphatic rings. The molecule has 0 saturated heterocycles. The minimum Gasteiger partial charge on any atom is -0.388 e. The summed E-state index contributed by atoms with van der Waals surface area (Å²) in [4.78, 5) is 25.5. The Hall–Kier alpha value is 5.52. The van der Waals surface area contributed by atoms with Gasteiger partial charge in [-0.15, -0.1) is 0 Å². The molecule has 3 nitrogen and oxygen atoms in total. The zero-order valence-electron chi connectivity index (χ0n) is 15.5. The van der Waals surface area contributed by atoms with Crippen LogP contribution in [0.15, 0.2) is 0 Å². The molecule has 0 heterocycles. The highest BCUT2D eigenvalue weighted by Crippen LogP contribution is 2.68. The first-order valence-corrected chi connectivity index (χ1v) is 15.8. The number of carbonyl (C=O) groups is 2. The molecule has 220 valence electrons. The van der Waals surface area contributed by atoms with Crippen molar-refractivity contribution in [2.75, 3.05) is 0 Å². The lowest BCUT2D eigenvalue weighted by molar-refractivity contribution is -0.161. The van der Waals surface area contributed by atoms with Crippen molar-refractivity contribution in [1.82, 2.24) is 0 Å². The van der Waals surface area contributed by atoms with E-state index < -0.39 is 54.2 Å². The first kappa shape index (κ1) is 42.5. The maximum Gasteiger partial charge on any atom is 0.353 e. The van der Waals surface area contributed by atoms with E-state index in [1.165, 1.54) is 0 Å². The van der Waals surface area contributed by atoms with E-state index in [9.17, 15) is 9.59 Å². The molecule has 0 amide bonds. The van der Waals surface area contributed by atoms with Crippen LogP contribution in [0.1, 0.15) is 0 Å². The summed E-state index contributed by atoms with van der Waals surface area (Å²) in [6.45, 7) is 0. The Bertz CT molecular complexity index is 820. The van der Waals surface area contributed by atoms with Crippen molar-refractivity contribution in [3.8, 4) is 0 Å². The maximum absolute atomic E-state index is 12.8. The molecule has 0 aromatic carbocycles. The second-order valence-electron chi connectivity index (χ2n) is 6.27. The van der Waals surface area contributed by atoms with Gasteiger partial charge >= 0.3 is 11.9 Å². The highest BCUT2D eigenvalue weighted by atomic mass is 35.6. The summed E-state index contributed by atoms with van der Waals surface area (Å²) in [5.41, 5.74) is 0. The molecule has 0 saturated carbocycles. The average molecular weight is 972 g/mol. The Morgan fingerprint density at radius 3 is 0.676 bits per heavy atom. The third kappa shape index (κ3) is 7.41. The van der Waals surface area contributed by atoms with Crippen LogP contribution in [0.25, 0.3) is 0 Å². The molecule has 0 aromatic rings. The molecular formula is C12Cl22O3. The molecular weight excluding hydrogens is 972 g/mol. The number of halogens is 22. The quantitative estimate of drug-likeness (QED) is 0.138. The van der Waals surface area contributed by atoms with Gasteiger partial charge in [0.25, 0.3) is 8.67 Å². The molecule has 0 N–H and O–H groups in total. The van der Waals surface area contributed by atoms with Gasteiger partial charge < -0.3 is 4.74 Å². The summed E-state index contributed by atoms with van der Waals surface area (Å²) in [6.07, 6.45) is 0. The van der Waals surface area contributed by atoms with Crippen molar-refractivity contribution >= 4 is 267 Å². The molecule has 0 rings (SSSR count). The lowest BCUT2D eigenvalue weighted by Crippen LogP contribution is -2.65. The monoisotopic (exact) mass is 961 g/mol. The summed E-state index contributed by atoms with van der Waals surface area (Å²) in [5.74, 6) is -4.22. The maximum atomic E-state index is 12.8. The smallest absolute Gasteiger partial charge is 0.353 e. The van der Waals surface area contributed by atoms with Crippen molar-refractivity contribution < 1.29 is 14.3 Å². The largest absolute Gasteiger partial charge is 0.388 e. The first-order chi connectivity index (χ1) is 15.5. The molecule has 0 aromatic heterocycles. The van der Waals surface area contributed by atoms with E-state index in [2.05, 4.69) is 4.74 Å². The molecule has 0 fully saturated rings. The Morgan fingerprint density at radius 1 is 0.324 bits per heavy atom. The van der Waals surface area contributed by atoms with Crippen LogP contribution in [0.2, 0.25) is 0 Å². The van der Waals surface area contributed by atoms with E-state index in [4.69, 9.17) is 255 Å². The van der Waals surface area contributed by atoms with E-state index in [-0.39, 0.29) is 0 Å². The fourth-order valence-electron chi connectivity index (χ4n) is 1.61. The van der Waals surface area contributed by atoms with Crippen LogP contribution in [0, 0.1) is 0 Å². The summed E-state index contributed by atoms with van der Waals surface area (Å²) < 4.78 is -26.7. The van der Waals surface area contributed by atoms with Gasteiger partial charge in [-0.1, -0.05) is 255 Å². The van der Waals surface area contributed by atoms with Gasteiger partial charge in [-0.05, 0) is 0 Å². The van der Waals surface area contributed by atoms with Gasteiger partial charge in [0, 0.05) is 0 Å². The molecule has 0 spiro atoms. The lowest BCUT2D eigenvalue weighted by Gasteiger charge is -2.47. The fourth-order valence-corrected chi connectivity index (χ4v) is 7.12. The summed E-state index contributed by atoms with van der Waals surface area (Å²) >= 11 is 129. The van der Waals surface area contributed by atoms with Gasteiger partial charge in [0.05, 0.1) is 0 Å². The summed E-state index contributed by atoms with van der Waals surface area (Å²) in [7, 11) is 0. The minimum absolute atomic E-state index is 2.11. The third-order valence-corrected chi connectivity index (χ3v) is 17.5. The van der Waals surface area contributed by atoms with Crippen molar-refractivity contribution in [2.24, 2.45) is 0 Å². The zero-order valence-corrected chi connectivity index (χ0v) is 32.2. The van der Waals surface area contributed by atoms with Crippen LogP contribution < -0.4 is 0 Å². The van der Waals surface area contributed by atoms with Crippen LogP contribution in [-0.2, 0) is 14.3 Å². The van der Waals surface area contributed by atoms with E-state index >= 15 is 0 Å². The Balaban J connectivity index is 6.47. The molecule has 0 radical (unpaired) electrons. The lowest BCUT2D eigenvalue weighted by atomic mass is 10.1. The number of rotatable bonds is 8. The van der Waals surface area contributed by atoms with Crippen LogP contribution >= 0.6 is 255 Å². The normalized spacial score (nSPS) is 16.1. The van der Waals surface area contributed by atoms with E-state index in [1.54, 1.807) is 0 Å². The SMILES string of the molecule is O=C(OC(=O)C(Cl)(Cl)C(Cl)(Cl)C(Cl)(Cl)C(Cl)(Cl)C(Cl)(Cl)Cl)C(Cl)(Cl)C(Cl)(Cl)C(Cl)(Cl)C(Cl)(Cl)C(Cl)(Cl)Cl. The molecule has 0 unspecified atom stereocenters. The number of hydrogen-bond acceptors (Lipinski definition) is 3. The first-order valence-electron chi connectivity index (χ1n) is 7.47. The van der Waals surface area contributed by atoms with E-state index in [1.807, 2.05) is 0 Å². The number of carbonyl (C=O) groups excluding carboxylic acids is 2. The molecule has 37 heavy (non-hydrogen) atoms. The second-order valence-corrected chi connectivity index (χ2v) is 21.4. The standard InChI is InChI=1S/C12Cl22O3/c13-3(14,5(17,18)7(21,22)9(25,26)11(29,30)31)1(35)37-2(36)4(15,16)6(19,20)8(23,24)10(27,28)12(32,33)34. The second kappa shape index (κ2) is 13.0. The predicted octanol–water partition coefficient (Wildman–Crippen LogP) is 12.2. The van der Waals surface area contributed by atoms with Crippen molar-refractivity contribution in [2.45, 2.75) is 42.3 Å². The Morgan fingerprint density at radius 2 is 0.514 bits per heavy atom. The molecule has 0 bridgehead atoms. The average Bonchev–Trinajstić information content (AvgIpc) is 2.64. The van der Waals surface area contributed by atoms with Crippen molar-refractivity contribution in [3.05, 3.63) is 0 Å². The predicted molar refractivity (Wildman–Crippen MR) is 167 cm³/mol. The Labute approximate surface area is 319 Å². The van der Waals surface area contributed by atoms with E-state index in [0.717, 1.165) is 0 Å². The molecule has 0 atom stereocenters. The van der Waals surface area contributed by atoms with Crippen LogP contribution in [-0.4, -0.2) is 54.2 Å². The Kier molecular flexibility index (Phi) is 14.9. The highest BCUT2D eigenvalue weighted by Gasteiger charge is 2.78. The van der Waals surface area contributed by atoms with Gasteiger partial charge in [-0.3, -0.25) is 0 Å². The van der Waals surface area contributed by atoms with Gasteiger partial charge in [0.15, 0.2) is 17.3 Å². The molecule has 0 aliphatic carbocycles. The topological polar surface area (TPSA) is 43.4 Å². The highest BCUT2D eigenvalue weighted by molar-refractivity contribution is 6.84.